The Morgan fingerprint density at radius 3 is 2.26 bits per heavy atom. The van der Waals surface area contributed by atoms with Crippen molar-refractivity contribution in [1.82, 2.24) is 4.90 Å². The average Bonchev–Trinajstić information content (AvgIpc) is 2.45. The third kappa shape index (κ3) is 3.57. The number of carbonyl (C=O) groups is 1. The molecule has 23 heavy (non-hydrogen) atoms. The minimum Gasteiger partial charge on any atom is -0.372 e. The number of halogens is 1. The van der Waals surface area contributed by atoms with E-state index in [4.69, 9.17) is 16.3 Å². The normalized spacial score (nSPS) is 21.1. The molecule has 1 saturated heterocycles. The van der Waals surface area contributed by atoms with Crippen LogP contribution in [-0.4, -0.2) is 46.0 Å². The number of hydrogen-bond donors (Lipinski definition) is 0. The summed E-state index contributed by atoms with van der Waals surface area (Å²) in [7, 11) is 0. The lowest BCUT2D eigenvalue weighted by Crippen LogP contribution is -2.48. The Bertz CT molecular complexity index is 670. The van der Waals surface area contributed by atoms with Crippen molar-refractivity contribution in [1.29, 1.82) is 0 Å². The van der Waals surface area contributed by atoms with Crippen LogP contribution in [0.1, 0.15) is 24.2 Å². The number of benzene rings is 1. The predicted molar refractivity (Wildman–Crippen MR) is 80.7 cm³/mol. The maximum absolute atomic E-state index is 12.6. The first-order chi connectivity index (χ1) is 10.7. The first-order valence-corrected chi connectivity index (χ1v) is 7.15. The van der Waals surface area contributed by atoms with E-state index in [9.17, 15) is 25.0 Å². The number of nitrogens with zero attached hydrogens (tertiary/aromatic N) is 3. The fourth-order valence-corrected chi connectivity index (χ4v) is 2.76. The molecule has 124 valence electrons. The van der Waals surface area contributed by atoms with E-state index in [1.54, 1.807) is 13.8 Å². The molecule has 2 rings (SSSR count). The smallest absolute Gasteiger partial charge is 0.295 e. The van der Waals surface area contributed by atoms with Gasteiger partial charge in [-0.2, -0.15) is 0 Å². The number of amides is 1. The lowest BCUT2D eigenvalue weighted by molar-refractivity contribution is -0.394. The Hall–Kier alpha value is -2.26. The zero-order valence-corrected chi connectivity index (χ0v) is 13.1. The molecule has 0 saturated carbocycles. The molecule has 10 heteroatoms. The summed E-state index contributed by atoms with van der Waals surface area (Å²) in [6.07, 6.45) is -0.426. The molecule has 0 radical (unpaired) electrons. The van der Waals surface area contributed by atoms with Crippen LogP contribution in [0.4, 0.5) is 11.4 Å². The van der Waals surface area contributed by atoms with Gasteiger partial charge in [0.15, 0.2) is 0 Å². The van der Waals surface area contributed by atoms with Crippen molar-refractivity contribution >= 4 is 28.9 Å². The first-order valence-electron chi connectivity index (χ1n) is 6.77. The minimum absolute atomic E-state index is 0.213. The number of rotatable bonds is 3. The third-order valence-corrected chi connectivity index (χ3v) is 3.78. The molecule has 0 spiro atoms. The minimum atomic E-state index is -0.851. The van der Waals surface area contributed by atoms with Crippen LogP contribution in [0.3, 0.4) is 0 Å². The zero-order chi connectivity index (χ0) is 17.3. The number of nitro groups is 2. The molecule has 1 fully saturated rings. The Morgan fingerprint density at radius 2 is 1.78 bits per heavy atom. The molecule has 1 aromatic carbocycles. The molecule has 0 N–H and O–H groups in total. The van der Waals surface area contributed by atoms with Gasteiger partial charge in [-0.15, -0.1) is 0 Å². The van der Waals surface area contributed by atoms with E-state index < -0.39 is 32.2 Å². The second-order valence-electron chi connectivity index (χ2n) is 5.31. The van der Waals surface area contributed by atoms with Crippen molar-refractivity contribution < 1.29 is 19.4 Å². The number of carbonyl (C=O) groups excluding carboxylic acids is 1. The fourth-order valence-electron chi connectivity index (χ4n) is 2.50. The summed E-state index contributed by atoms with van der Waals surface area (Å²) in [4.78, 5) is 34.3. The maximum atomic E-state index is 12.6. The van der Waals surface area contributed by atoms with E-state index in [2.05, 4.69) is 0 Å². The number of non-ortho nitro benzene ring substituents is 1. The maximum Gasteiger partial charge on any atom is 0.295 e. The Labute approximate surface area is 136 Å². The molecule has 1 aliphatic rings. The molecule has 1 aliphatic heterocycles. The monoisotopic (exact) mass is 343 g/mol. The van der Waals surface area contributed by atoms with Gasteiger partial charge >= 0.3 is 0 Å². The highest BCUT2D eigenvalue weighted by Crippen LogP contribution is 2.34. The third-order valence-electron chi connectivity index (χ3n) is 3.38. The van der Waals surface area contributed by atoms with E-state index in [-0.39, 0.29) is 30.9 Å². The molecule has 2 atom stereocenters. The highest BCUT2D eigenvalue weighted by Gasteiger charge is 2.32. The van der Waals surface area contributed by atoms with Gasteiger partial charge in [0.2, 0.25) is 0 Å². The van der Waals surface area contributed by atoms with E-state index in [1.165, 1.54) is 4.90 Å². The summed E-state index contributed by atoms with van der Waals surface area (Å²) < 4.78 is 5.51. The number of nitro benzene ring substituents is 2. The van der Waals surface area contributed by atoms with Crippen molar-refractivity contribution in [2.45, 2.75) is 26.1 Å². The van der Waals surface area contributed by atoms with Gasteiger partial charge in [-0.25, -0.2) is 0 Å². The van der Waals surface area contributed by atoms with E-state index >= 15 is 0 Å². The van der Waals surface area contributed by atoms with Crippen LogP contribution in [0.2, 0.25) is 5.02 Å². The van der Waals surface area contributed by atoms with Crippen LogP contribution in [0.15, 0.2) is 12.1 Å². The second-order valence-corrected chi connectivity index (χ2v) is 5.69. The molecular formula is C13H14ClN3O6. The number of morpholine rings is 1. The molecule has 0 bridgehead atoms. The molecular weight excluding hydrogens is 330 g/mol. The fraction of sp³-hybridized carbons (Fsp3) is 0.462. The Kier molecular flexibility index (Phi) is 4.81. The molecule has 2 unspecified atom stereocenters. The van der Waals surface area contributed by atoms with Crippen LogP contribution in [0, 0.1) is 20.2 Å². The molecule has 1 amide bonds. The first kappa shape index (κ1) is 17.1. The topological polar surface area (TPSA) is 116 Å². The van der Waals surface area contributed by atoms with Crippen molar-refractivity contribution in [3.05, 3.63) is 42.9 Å². The van der Waals surface area contributed by atoms with Crippen LogP contribution in [-0.2, 0) is 4.74 Å². The zero-order valence-electron chi connectivity index (χ0n) is 12.4. The van der Waals surface area contributed by atoms with Gasteiger partial charge in [0.1, 0.15) is 5.02 Å². The molecule has 1 aromatic rings. The van der Waals surface area contributed by atoms with Crippen molar-refractivity contribution in [3.8, 4) is 0 Å². The van der Waals surface area contributed by atoms with E-state index in [1.807, 2.05) is 0 Å². The van der Waals surface area contributed by atoms with Gasteiger partial charge in [0.05, 0.1) is 33.7 Å². The highest BCUT2D eigenvalue weighted by atomic mass is 35.5. The van der Waals surface area contributed by atoms with Crippen LogP contribution in [0.5, 0.6) is 0 Å². The van der Waals surface area contributed by atoms with Gasteiger partial charge < -0.3 is 9.64 Å². The van der Waals surface area contributed by atoms with Crippen LogP contribution < -0.4 is 0 Å². The molecule has 0 aromatic heterocycles. The predicted octanol–water partition coefficient (Wildman–Crippen LogP) is 2.41. The SMILES string of the molecule is CC1CN(C(=O)c2cc([N+](=O)[O-])cc([N+](=O)[O-])c2Cl)CC(C)O1. The van der Waals surface area contributed by atoms with Crippen molar-refractivity contribution in [3.63, 3.8) is 0 Å². The van der Waals surface area contributed by atoms with Crippen LogP contribution >= 0.6 is 11.6 Å². The summed E-state index contributed by atoms with van der Waals surface area (Å²) in [5, 5.41) is 21.5. The van der Waals surface area contributed by atoms with Crippen molar-refractivity contribution in [2.24, 2.45) is 0 Å². The van der Waals surface area contributed by atoms with Gasteiger partial charge in [-0.3, -0.25) is 25.0 Å². The lowest BCUT2D eigenvalue weighted by atomic mass is 10.1. The summed E-state index contributed by atoms with van der Waals surface area (Å²) in [6, 6.07) is 1.70. The standard InChI is InChI=1S/C13H14ClN3O6/c1-7-5-15(6-8(2)23-7)13(18)10-3-9(16(19)20)4-11(12(10)14)17(21)22/h3-4,7-8H,5-6H2,1-2H3. The Morgan fingerprint density at radius 1 is 1.22 bits per heavy atom. The average molecular weight is 344 g/mol. The molecule has 0 aliphatic carbocycles. The largest absolute Gasteiger partial charge is 0.372 e. The number of ether oxygens (including phenoxy) is 1. The van der Waals surface area contributed by atoms with Crippen molar-refractivity contribution in [2.75, 3.05) is 13.1 Å². The number of hydrogen-bond acceptors (Lipinski definition) is 6. The van der Waals surface area contributed by atoms with E-state index in [0.717, 1.165) is 12.1 Å². The summed E-state index contributed by atoms with van der Waals surface area (Å²) in [5.74, 6) is -0.594. The lowest BCUT2D eigenvalue weighted by Gasteiger charge is -2.35. The second kappa shape index (κ2) is 6.47. The van der Waals surface area contributed by atoms with Gasteiger partial charge in [0, 0.05) is 19.2 Å². The van der Waals surface area contributed by atoms with Crippen LogP contribution in [0.25, 0.3) is 0 Å². The van der Waals surface area contributed by atoms with Gasteiger partial charge in [-0.1, -0.05) is 11.6 Å². The quantitative estimate of drug-likeness (QED) is 0.614. The molecule has 1 heterocycles. The van der Waals surface area contributed by atoms with Gasteiger partial charge in [0.25, 0.3) is 17.3 Å². The summed E-state index contributed by atoms with van der Waals surface area (Å²) in [5.41, 5.74) is -1.48. The highest BCUT2D eigenvalue weighted by molar-refractivity contribution is 6.36. The van der Waals surface area contributed by atoms with E-state index in [0.29, 0.717) is 0 Å². The Balaban J connectivity index is 2.46. The molecule has 9 nitrogen and oxygen atoms in total. The van der Waals surface area contributed by atoms with Gasteiger partial charge in [-0.05, 0) is 13.8 Å². The summed E-state index contributed by atoms with van der Waals surface area (Å²) >= 11 is 5.92. The summed E-state index contributed by atoms with van der Waals surface area (Å²) in [6.45, 7) is 4.12.